The average Bonchev–Trinajstić information content (AvgIpc) is 2.83. The van der Waals surface area contributed by atoms with Gasteiger partial charge in [0.05, 0.1) is 18.2 Å². The molecule has 1 N–H and O–H groups in total. The van der Waals surface area contributed by atoms with Crippen molar-refractivity contribution in [2.24, 2.45) is 0 Å². The number of rotatable bonds is 4. The van der Waals surface area contributed by atoms with Crippen molar-refractivity contribution in [3.05, 3.63) is 29.8 Å². The Balaban J connectivity index is 2.26. The zero-order valence-electron chi connectivity index (χ0n) is 11.5. The summed E-state index contributed by atoms with van der Waals surface area (Å²) in [6.45, 7) is 4.95. The molecule has 3 heteroatoms. The Bertz CT molecular complexity index is 394. The summed E-state index contributed by atoms with van der Waals surface area (Å²) in [5.41, 5.74) is 2.14. The number of aliphatic hydroxyl groups is 1. The van der Waals surface area contributed by atoms with E-state index >= 15 is 0 Å². The van der Waals surface area contributed by atoms with E-state index in [1.165, 1.54) is 0 Å². The molecule has 1 aromatic carbocycles. The minimum atomic E-state index is -0.388. The number of nitrogens with zero attached hydrogens (tertiary/aromatic N) is 1. The Morgan fingerprint density at radius 1 is 1.44 bits per heavy atom. The molecule has 18 heavy (non-hydrogen) atoms. The van der Waals surface area contributed by atoms with E-state index in [-0.39, 0.29) is 12.2 Å². The molecular weight excluding hydrogens is 226 g/mol. The minimum Gasteiger partial charge on any atom is -0.388 e. The van der Waals surface area contributed by atoms with Crippen molar-refractivity contribution < 1.29 is 9.84 Å². The summed E-state index contributed by atoms with van der Waals surface area (Å²) in [6, 6.07) is 8.51. The molecule has 0 amide bonds. The highest BCUT2D eigenvalue weighted by molar-refractivity contribution is 5.55. The van der Waals surface area contributed by atoms with Gasteiger partial charge in [-0.05, 0) is 25.8 Å². The lowest BCUT2D eigenvalue weighted by Gasteiger charge is -2.31. The van der Waals surface area contributed by atoms with Crippen LogP contribution in [0.1, 0.15) is 38.4 Å². The van der Waals surface area contributed by atoms with Crippen LogP contribution in [0, 0.1) is 0 Å². The van der Waals surface area contributed by atoms with Crippen molar-refractivity contribution in [3.63, 3.8) is 0 Å². The lowest BCUT2D eigenvalue weighted by atomic mass is 10.0. The molecule has 3 unspecified atom stereocenters. The number of aliphatic hydroxyl groups excluding tert-OH is 1. The van der Waals surface area contributed by atoms with E-state index in [0.717, 1.165) is 30.7 Å². The third-order valence-corrected chi connectivity index (χ3v) is 3.90. The molecular formula is C15H23NO2. The van der Waals surface area contributed by atoms with Gasteiger partial charge in [-0.3, -0.25) is 0 Å². The molecule has 0 radical (unpaired) electrons. The molecule has 3 atom stereocenters. The number of para-hydroxylation sites is 1. The first-order valence-corrected chi connectivity index (χ1v) is 6.76. The third kappa shape index (κ3) is 2.52. The Morgan fingerprint density at radius 3 is 2.78 bits per heavy atom. The normalized spacial score (nSPS) is 25.1. The minimum absolute atomic E-state index is 0.252. The number of benzene rings is 1. The maximum absolute atomic E-state index is 10.1. The fourth-order valence-corrected chi connectivity index (χ4v) is 2.72. The van der Waals surface area contributed by atoms with E-state index in [9.17, 15) is 5.11 Å². The van der Waals surface area contributed by atoms with Crippen molar-refractivity contribution in [2.75, 3.05) is 18.6 Å². The van der Waals surface area contributed by atoms with Crippen molar-refractivity contribution in [1.29, 1.82) is 0 Å². The zero-order chi connectivity index (χ0) is 13.1. The van der Waals surface area contributed by atoms with Crippen molar-refractivity contribution in [1.82, 2.24) is 0 Å². The van der Waals surface area contributed by atoms with Crippen LogP contribution in [-0.2, 0) is 4.74 Å². The van der Waals surface area contributed by atoms with Crippen LogP contribution < -0.4 is 4.90 Å². The Kier molecular flexibility index (Phi) is 4.25. The Labute approximate surface area is 109 Å². The van der Waals surface area contributed by atoms with Gasteiger partial charge in [0.25, 0.3) is 0 Å². The Morgan fingerprint density at radius 2 is 2.17 bits per heavy atom. The van der Waals surface area contributed by atoms with Crippen LogP contribution in [0.4, 0.5) is 5.69 Å². The van der Waals surface area contributed by atoms with E-state index in [2.05, 4.69) is 24.9 Å². The van der Waals surface area contributed by atoms with Gasteiger partial charge >= 0.3 is 0 Å². The molecule has 1 aromatic rings. The fourth-order valence-electron chi connectivity index (χ4n) is 2.72. The second-order valence-electron chi connectivity index (χ2n) is 5.03. The number of hydrogen-bond donors (Lipinski definition) is 1. The van der Waals surface area contributed by atoms with Gasteiger partial charge in [0.1, 0.15) is 0 Å². The molecule has 0 saturated carbocycles. The summed E-state index contributed by atoms with van der Waals surface area (Å²) in [6.07, 6.45) is 1.65. The Hall–Kier alpha value is -1.06. The van der Waals surface area contributed by atoms with Gasteiger partial charge in [-0.2, -0.15) is 0 Å². The van der Waals surface area contributed by atoms with Gasteiger partial charge in [-0.1, -0.05) is 25.1 Å². The van der Waals surface area contributed by atoms with E-state index < -0.39 is 0 Å². The van der Waals surface area contributed by atoms with Gasteiger partial charge in [0.2, 0.25) is 0 Å². The molecule has 0 aliphatic carbocycles. The standard InChI is InChI=1S/C15H23NO2/c1-4-15(17)12-7-5-6-8-14(12)16(3)13-9-10-18-11(13)2/h5-8,11,13,15,17H,4,9-10H2,1-3H3. The van der Waals surface area contributed by atoms with Gasteiger partial charge < -0.3 is 14.7 Å². The molecule has 0 aromatic heterocycles. The summed E-state index contributed by atoms with van der Waals surface area (Å²) < 4.78 is 5.63. The molecule has 0 spiro atoms. The highest BCUT2D eigenvalue weighted by atomic mass is 16.5. The number of anilines is 1. The van der Waals surface area contributed by atoms with E-state index in [4.69, 9.17) is 4.74 Å². The van der Waals surface area contributed by atoms with Crippen LogP contribution >= 0.6 is 0 Å². The molecule has 1 saturated heterocycles. The van der Waals surface area contributed by atoms with Crippen LogP contribution in [0.25, 0.3) is 0 Å². The lowest BCUT2D eigenvalue weighted by Crippen LogP contribution is -2.37. The second kappa shape index (κ2) is 5.72. The maximum Gasteiger partial charge on any atom is 0.0807 e. The van der Waals surface area contributed by atoms with Crippen molar-refractivity contribution in [2.45, 2.75) is 44.9 Å². The van der Waals surface area contributed by atoms with Crippen molar-refractivity contribution >= 4 is 5.69 Å². The van der Waals surface area contributed by atoms with Gasteiger partial charge in [-0.15, -0.1) is 0 Å². The van der Waals surface area contributed by atoms with Crippen LogP contribution in [-0.4, -0.2) is 30.9 Å². The summed E-state index contributed by atoms with van der Waals surface area (Å²) >= 11 is 0. The molecule has 1 fully saturated rings. The highest BCUT2D eigenvalue weighted by Gasteiger charge is 2.29. The zero-order valence-corrected chi connectivity index (χ0v) is 11.5. The smallest absolute Gasteiger partial charge is 0.0807 e. The topological polar surface area (TPSA) is 32.7 Å². The van der Waals surface area contributed by atoms with Gasteiger partial charge in [-0.25, -0.2) is 0 Å². The van der Waals surface area contributed by atoms with Crippen LogP contribution in [0.2, 0.25) is 0 Å². The lowest BCUT2D eigenvalue weighted by molar-refractivity contribution is 0.118. The predicted molar refractivity (Wildman–Crippen MR) is 73.9 cm³/mol. The van der Waals surface area contributed by atoms with E-state index in [1.807, 2.05) is 25.1 Å². The highest BCUT2D eigenvalue weighted by Crippen LogP contribution is 2.31. The monoisotopic (exact) mass is 249 g/mol. The fraction of sp³-hybridized carbons (Fsp3) is 0.600. The molecule has 3 nitrogen and oxygen atoms in total. The average molecular weight is 249 g/mol. The van der Waals surface area contributed by atoms with Gasteiger partial charge in [0.15, 0.2) is 0 Å². The molecule has 1 aliphatic heterocycles. The molecule has 1 heterocycles. The first-order chi connectivity index (χ1) is 8.65. The first-order valence-electron chi connectivity index (χ1n) is 6.76. The summed E-state index contributed by atoms with van der Waals surface area (Å²) in [5.74, 6) is 0. The van der Waals surface area contributed by atoms with Crippen LogP contribution in [0.5, 0.6) is 0 Å². The van der Waals surface area contributed by atoms with Crippen molar-refractivity contribution in [3.8, 4) is 0 Å². The summed E-state index contributed by atoms with van der Waals surface area (Å²) in [5, 5.41) is 10.1. The van der Waals surface area contributed by atoms with E-state index in [1.54, 1.807) is 0 Å². The largest absolute Gasteiger partial charge is 0.388 e. The summed E-state index contributed by atoms with van der Waals surface area (Å²) in [7, 11) is 2.09. The second-order valence-corrected chi connectivity index (χ2v) is 5.03. The number of hydrogen-bond acceptors (Lipinski definition) is 3. The first kappa shape index (κ1) is 13.4. The molecule has 0 bridgehead atoms. The van der Waals surface area contributed by atoms with E-state index in [0.29, 0.717) is 6.04 Å². The summed E-state index contributed by atoms with van der Waals surface area (Å²) in [4.78, 5) is 2.26. The van der Waals surface area contributed by atoms with Crippen LogP contribution in [0.15, 0.2) is 24.3 Å². The maximum atomic E-state index is 10.1. The number of ether oxygens (including phenoxy) is 1. The number of likely N-dealkylation sites (N-methyl/N-ethyl adjacent to an activating group) is 1. The molecule has 1 aliphatic rings. The molecule has 2 rings (SSSR count). The van der Waals surface area contributed by atoms with Gasteiger partial charge in [0, 0.05) is 24.9 Å². The van der Waals surface area contributed by atoms with Crippen LogP contribution in [0.3, 0.4) is 0 Å². The predicted octanol–water partition coefficient (Wildman–Crippen LogP) is 2.74. The SMILES string of the molecule is CCC(O)c1ccccc1N(C)C1CCOC1C. The third-order valence-electron chi connectivity index (χ3n) is 3.90. The quantitative estimate of drug-likeness (QED) is 0.890. The molecule has 100 valence electrons.